The van der Waals surface area contributed by atoms with E-state index < -0.39 is 18.3 Å². The van der Waals surface area contributed by atoms with Crippen LogP contribution in [0, 0.1) is 54.8 Å². The minimum Gasteiger partial charge on any atom is -0.462 e. The SMILES string of the molecule is Cc1cccc2cc(C3C[C@@H](COc4nc5c(c(N6CCN(C(O)/C=C/CCl)[C@@H](CC#N)C6)n4)CCN(c4ccc(C6C[C@@H](COc7nc8c(c(N9CCN(C(=O)C%10=CC(=O)CC%10)[C@@H](CC#N)C9)n7)CCN(c7cccc9cccc(C)c79)C8)N(C)C6)c6cccc(C)c46)C5)N(C)C3)cc(N3CCc4c(nc(OC[C@@H]5CCCN5C)nc4N4CCN(C(=O)/C=C/C(=O)N(C)C)[C@@H](CC#N)C4)C3)c12. The number of ether oxygens (including phenoxy) is 3. The lowest BCUT2D eigenvalue weighted by molar-refractivity contribution is -0.130. The number of hydrogen-bond acceptors (Lipinski definition) is 27. The predicted octanol–water partition coefficient (Wildman–Crippen LogP) is 11.6. The number of aryl methyl sites for hydroxylation is 3. The predicted molar refractivity (Wildman–Crippen MR) is 531 cm³/mol. The van der Waals surface area contributed by atoms with Crippen LogP contribution in [0.1, 0.15) is 131 Å². The van der Waals surface area contributed by atoms with Crippen molar-refractivity contribution in [3.8, 4) is 36.2 Å². The van der Waals surface area contributed by atoms with E-state index in [0.29, 0.717) is 167 Å². The van der Waals surface area contributed by atoms with E-state index in [2.05, 4.69) is 201 Å². The average Bonchev–Trinajstić information content (AvgIpc) is 1.73. The quantitative estimate of drug-likeness (QED) is 0.0299. The Morgan fingerprint density at radius 2 is 1.01 bits per heavy atom. The minimum absolute atomic E-state index is 0.00298. The largest absolute Gasteiger partial charge is 0.462 e. The molecule has 19 rings (SSSR count). The van der Waals surface area contributed by atoms with Gasteiger partial charge in [0, 0.05) is 210 Å². The summed E-state index contributed by atoms with van der Waals surface area (Å²) in [7, 11) is 9.79. The number of carbonyl (C=O) groups excluding carboxylic acids is 4. The van der Waals surface area contributed by atoms with E-state index in [0.717, 1.165) is 126 Å². The molecule has 0 bridgehead atoms. The van der Waals surface area contributed by atoms with Gasteiger partial charge < -0.3 is 68.3 Å². The standard InChI is InChI=1S/C106H123ClN22O8/c1-67-15-9-18-70-19-12-23-91(97(67)70)121-42-34-85-88(61-121)111-106(116-102(85)126-47-50-129(78(60-126)33-40-110)103(134)72-25-26-82(130)54-72)137-66-81-53-75(57-120(81)8)83-27-28-92(99-69(3)17-11-22-84(83)99)122-43-35-86-89(62-122)112-105(115-100(86)124-45-48-127(76(58-124)31-38-108)95(132)24-13-37-107)136-65-80-52-74(56-119(80)7)73-51-71-20-10-16-68(2)98(71)93(55-73)123-44-36-87-90(63-123)113-104(135-64-79-21-14-41-118(79)6)114-101(87)125-46-49-128(77(59-125)32-39-109)96(133)30-29-94(131)117(4)5/h9-13,15-20,22-24,27-30,51,54-55,74-81,95,132H,14,21,25-26,31-37,41-50,52-53,56-66H2,1-8H3/b24-13+,30-29+/t74?,75?,76-,77-,78-,79-,80-,81-,95?/m0/s1. The number of piperazine rings is 3. The Hall–Kier alpha value is -12.6. The van der Waals surface area contributed by atoms with Crippen LogP contribution in [-0.2, 0) is 58.1 Å². The molecule has 9 atom stereocenters. The number of amides is 3. The fourth-order valence-electron chi connectivity index (χ4n) is 23.1. The third-order valence-electron chi connectivity index (χ3n) is 30.5. The van der Waals surface area contributed by atoms with E-state index in [1.54, 1.807) is 36.0 Å². The number of likely N-dealkylation sites (tertiary alicyclic amines) is 3. The van der Waals surface area contributed by atoms with E-state index in [1.165, 1.54) is 77.9 Å². The molecule has 3 unspecified atom stereocenters. The normalized spacial score (nSPS) is 22.6. The summed E-state index contributed by atoms with van der Waals surface area (Å²) >= 11 is 6.10. The number of benzene rings is 6. The van der Waals surface area contributed by atoms with Gasteiger partial charge in [0.25, 0.3) is 0 Å². The number of alkyl halides is 1. The molecule has 9 aromatic rings. The smallest absolute Gasteiger partial charge is 0.318 e. The van der Waals surface area contributed by atoms with Gasteiger partial charge in [0.05, 0.1) is 86.3 Å². The zero-order chi connectivity index (χ0) is 95.0. The molecule has 10 aliphatic rings. The number of hydrogen-bond donors (Lipinski definition) is 1. The van der Waals surface area contributed by atoms with Crippen LogP contribution >= 0.6 is 11.6 Å². The fourth-order valence-corrected chi connectivity index (χ4v) is 23.2. The number of nitriles is 3. The summed E-state index contributed by atoms with van der Waals surface area (Å²) in [4.78, 5) is 113. The molecule has 1 aliphatic carbocycles. The second kappa shape index (κ2) is 40.6. The van der Waals surface area contributed by atoms with Gasteiger partial charge in [0.2, 0.25) is 17.7 Å². The highest BCUT2D eigenvalue weighted by Gasteiger charge is 2.43. The number of ketones is 1. The van der Waals surface area contributed by atoms with Crippen molar-refractivity contribution in [2.75, 3.05) is 189 Å². The molecule has 30 nitrogen and oxygen atoms in total. The fraction of sp³-hybridized carbons (Fsp3) is 0.481. The molecule has 137 heavy (non-hydrogen) atoms. The van der Waals surface area contributed by atoms with Crippen LogP contribution in [0.2, 0.25) is 0 Å². The molecule has 1 N–H and O–H groups in total. The summed E-state index contributed by atoms with van der Waals surface area (Å²) in [5.41, 5.74) is 15.8. The summed E-state index contributed by atoms with van der Waals surface area (Å²) in [6.45, 7) is 17.9. The zero-order valence-corrected chi connectivity index (χ0v) is 80.6. The maximum absolute atomic E-state index is 14.0. The molecule has 9 aliphatic heterocycles. The van der Waals surface area contributed by atoms with Crippen LogP contribution in [0.4, 0.5) is 34.5 Å². The minimum atomic E-state index is -0.913. The first-order chi connectivity index (χ1) is 66.5. The highest BCUT2D eigenvalue weighted by atomic mass is 35.5. The van der Waals surface area contributed by atoms with Gasteiger partial charge in [-0.2, -0.15) is 45.7 Å². The van der Waals surface area contributed by atoms with E-state index in [1.807, 2.05) is 4.90 Å². The van der Waals surface area contributed by atoms with Gasteiger partial charge in [-0.15, -0.1) is 11.6 Å². The van der Waals surface area contributed by atoms with Crippen molar-refractivity contribution in [1.82, 2.24) is 64.2 Å². The summed E-state index contributed by atoms with van der Waals surface area (Å²) in [5, 5.41) is 49.4. The Morgan fingerprint density at radius 3 is 1.58 bits per heavy atom. The van der Waals surface area contributed by atoms with Gasteiger partial charge in [-0.05, 0) is 186 Å². The number of aliphatic hydroxyl groups is 1. The van der Waals surface area contributed by atoms with Crippen LogP contribution in [-0.4, -0.2) is 294 Å². The Labute approximate surface area is 806 Å². The van der Waals surface area contributed by atoms with Crippen LogP contribution in [0.25, 0.3) is 32.3 Å². The molecule has 712 valence electrons. The molecule has 6 saturated heterocycles. The van der Waals surface area contributed by atoms with Crippen molar-refractivity contribution < 1.29 is 38.5 Å². The molecule has 0 radical (unpaired) electrons. The molecule has 12 heterocycles. The maximum atomic E-state index is 14.0. The summed E-state index contributed by atoms with van der Waals surface area (Å²) in [6, 6.07) is 42.8. The highest BCUT2D eigenvalue weighted by molar-refractivity contribution is 6.19. The molecule has 31 heteroatoms. The van der Waals surface area contributed by atoms with Crippen LogP contribution in [0.3, 0.4) is 0 Å². The first-order valence-corrected chi connectivity index (χ1v) is 49.3. The van der Waals surface area contributed by atoms with E-state index >= 15 is 0 Å². The monoisotopic (exact) mass is 1870 g/mol. The molecule has 0 spiro atoms. The van der Waals surface area contributed by atoms with Gasteiger partial charge in [0.1, 0.15) is 43.5 Å². The zero-order valence-electron chi connectivity index (χ0n) is 79.9. The van der Waals surface area contributed by atoms with E-state index in [4.69, 9.17) is 55.7 Å². The second-order valence-corrected chi connectivity index (χ2v) is 39.5. The van der Waals surface area contributed by atoms with Gasteiger partial charge in [0.15, 0.2) is 5.78 Å². The van der Waals surface area contributed by atoms with Crippen molar-refractivity contribution in [1.29, 1.82) is 15.8 Å². The van der Waals surface area contributed by atoms with Crippen molar-refractivity contribution in [3.05, 3.63) is 195 Å². The molecule has 6 aromatic carbocycles. The number of aromatic nitrogens is 6. The first kappa shape index (κ1) is 93.4. The highest BCUT2D eigenvalue weighted by Crippen LogP contribution is 2.46. The third-order valence-corrected chi connectivity index (χ3v) is 30.7. The van der Waals surface area contributed by atoms with E-state index in [-0.39, 0.29) is 84.7 Å². The number of aliphatic hydroxyl groups excluding tert-OH is 1. The van der Waals surface area contributed by atoms with Crippen LogP contribution in [0.15, 0.2) is 133 Å². The molecular weight excluding hydrogens is 1740 g/mol. The number of halogens is 1. The number of anilines is 6. The number of rotatable bonds is 26. The van der Waals surface area contributed by atoms with Gasteiger partial charge in [-0.1, -0.05) is 84.9 Å². The first-order valence-electron chi connectivity index (χ1n) is 48.8. The average molecular weight is 1870 g/mol. The van der Waals surface area contributed by atoms with Crippen molar-refractivity contribution in [2.45, 2.75) is 172 Å². The Morgan fingerprint density at radius 1 is 0.511 bits per heavy atom. The Balaban J connectivity index is 0.575. The van der Waals surface area contributed by atoms with Crippen molar-refractivity contribution >= 4 is 102 Å². The molecule has 0 saturated carbocycles. The summed E-state index contributed by atoms with van der Waals surface area (Å²) in [5.74, 6) is 2.11. The number of carbonyl (C=O) groups is 4. The Bertz CT molecular complexity index is 6360. The molecule has 3 aromatic heterocycles. The number of nitrogens with zero attached hydrogens (tertiary/aromatic N) is 22. The molecule has 6 fully saturated rings. The maximum Gasteiger partial charge on any atom is 0.318 e. The summed E-state index contributed by atoms with van der Waals surface area (Å²) in [6.07, 6.45) is 13.6. The van der Waals surface area contributed by atoms with Gasteiger partial charge in [-0.3, -0.25) is 33.9 Å². The van der Waals surface area contributed by atoms with Gasteiger partial charge >= 0.3 is 18.0 Å². The van der Waals surface area contributed by atoms with Crippen LogP contribution in [0.5, 0.6) is 18.0 Å². The van der Waals surface area contributed by atoms with Gasteiger partial charge in [-0.25, -0.2) is 0 Å². The lowest BCUT2D eigenvalue weighted by atomic mass is 9.89. The number of likely N-dealkylation sites (N-methyl/N-ethyl adjacent to an activating group) is 4. The van der Waals surface area contributed by atoms with Crippen molar-refractivity contribution in [3.63, 3.8) is 0 Å². The summed E-state index contributed by atoms with van der Waals surface area (Å²) < 4.78 is 20.6. The van der Waals surface area contributed by atoms with Crippen LogP contribution < -0.4 is 43.6 Å². The Kier molecular flexibility index (Phi) is 27.7. The van der Waals surface area contributed by atoms with E-state index in [9.17, 15) is 40.1 Å². The number of allylic oxidation sites excluding steroid dienone is 2. The van der Waals surface area contributed by atoms with Crippen molar-refractivity contribution in [2.24, 2.45) is 0 Å². The second-order valence-electron chi connectivity index (χ2n) is 39.2. The molecular formula is C106H123ClN22O8. The topological polar surface area (TPSA) is 307 Å². The third kappa shape index (κ3) is 19.4. The molecule has 3 amide bonds. The number of fused-ring (bicyclic) bond motifs is 6. The lowest BCUT2D eigenvalue weighted by Gasteiger charge is -2.43. The lowest BCUT2D eigenvalue weighted by Crippen LogP contribution is -2.56.